The fourth-order valence-corrected chi connectivity index (χ4v) is 9.42. The van der Waals surface area contributed by atoms with Gasteiger partial charge in [0.15, 0.2) is 0 Å². The first-order valence-electron chi connectivity index (χ1n) is 17.3. The van der Waals surface area contributed by atoms with Gasteiger partial charge in [-0.1, -0.05) is 140 Å². The summed E-state index contributed by atoms with van der Waals surface area (Å²) in [5.41, 5.74) is 7.56. The summed E-state index contributed by atoms with van der Waals surface area (Å²) in [4.78, 5) is 2.47. The molecule has 51 heavy (non-hydrogen) atoms. The molecule has 0 saturated heterocycles. The number of thiophene rings is 1. The van der Waals surface area contributed by atoms with Gasteiger partial charge in [-0.15, -0.1) is 11.3 Å². The Labute approximate surface area is 298 Å². The van der Waals surface area contributed by atoms with Gasteiger partial charge >= 0.3 is 0 Å². The number of para-hydroxylation sites is 1. The lowest BCUT2D eigenvalue weighted by Gasteiger charge is -2.28. The van der Waals surface area contributed by atoms with Gasteiger partial charge in [-0.3, -0.25) is 0 Å². The first kappa shape index (κ1) is 28.4. The number of furan rings is 1. The third-order valence-corrected chi connectivity index (χ3v) is 11.6. The molecule has 0 saturated carbocycles. The molecule has 0 aliphatic carbocycles. The van der Waals surface area contributed by atoms with Crippen LogP contribution in [0.3, 0.4) is 0 Å². The Balaban J connectivity index is 1.25. The van der Waals surface area contributed by atoms with Gasteiger partial charge in [0.2, 0.25) is 0 Å². The van der Waals surface area contributed by atoms with E-state index in [1.807, 2.05) is 11.3 Å². The van der Waals surface area contributed by atoms with Gasteiger partial charge in [-0.2, -0.15) is 0 Å². The van der Waals surface area contributed by atoms with Crippen molar-refractivity contribution in [2.24, 2.45) is 0 Å². The third kappa shape index (κ3) is 4.29. The topological polar surface area (TPSA) is 16.4 Å². The van der Waals surface area contributed by atoms with Crippen molar-refractivity contribution in [3.05, 3.63) is 176 Å². The van der Waals surface area contributed by atoms with Crippen LogP contribution in [-0.4, -0.2) is 0 Å². The standard InChI is InChI=1S/C48H29NOS/c1-3-15-34-30(12-1)14-11-21-35(34)31-24-26-33(27-25-31)49(41-28-32-13-2-4-16-36(32)37-17-5-6-18-38(37)41)42-29-44-47(39-19-7-9-22-43(39)50-44)48-46(42)40-20-8-10-23-45(40)51-48/h1-29H. The highest BCUT2D eigenvalue weighted by atomic mass is 32.1. The van der Waals surface area contributed by atoms with Crippen molar-refractivity contribution in [1.29, 1.82) is 0 Å². The summed E-state index contributed by atoms with van der Waals surface area (Å²) in [5, 5.41) is 12.2. The SMILES string of the molecule is c1ccc2c(-c3ccc(N(c4cc5ccccc5c5ccccc45)c4cc5oc6ccccc6c5c5sc6ccccc6c45)cc3)cccc2c1. The number of hydrogen-bond donors (Lipinski definition) is 0. The molecular formula is C48H29NOS. The first-order valence-corrected chi connectivity index (χ1v) is 18.2. The van der Waals surface area contributed by atoms with Crippen molar-refractivity contribution in [2.45, 2.75) is 0 Å². The van der Waals surface area contributed by atoms with Crippen molar-refractivity contribution in [2.75, 3.05) is 4.90 Å². The van der Waals surface area contributed by atoms with E-state index in [0.29, 0.717) is 0 Å². The van der Waals surface area contributed by atoms with Gasteiger partial charge in [-0.25, -0.2) is 0 Å². The summed E-state index contributed by atoms with van der Waals surface area (Å²) in [6.45, 7) is 0. The minimum atomic E-state index is 0.896. The molecule has 0 N–H and O–H groups in total. The van der Waals surface area contributed by atoms with Crippen LogP contribution >= 0.6 is 11.3 Å². The number of rotatable bonds is 4. The average Bonchev–Trinajstić information content (AvgIpc) is 3.77. The smallest absolute Gasteiger partial charge is 0.138 e. The third-order valence-electron chi connectivity index (χ3n) is 10.4. The highest BCUT2D eigenvalue weighted by Crippen LogP contribution is 2.51. The van der Waals surface area contributed by atoms with Crippen LogP contribution in [0.15, 0.2) is 180 Å². The lowest BCUT2D eigenvalue weighted by Crippen LogP contribution is -2.11. The van der Waals surface area contributed by atoms with E-state index in [9.17, 15) is 0 Å². The van der Waals surface area contributed by atoms with Gasteiger partial charge in [-0.05, 0) is 68.4 Å². The average molecular weight is 668 g/mol. The predicted molar refractivity (Wildman–Crippen MR) is 219 cm³/mol. The van der Waals surface area contributed by atoms with Gasteiger partial charge in [0.05, 0.1) is 11.4 Å². The lowest BCUT2D eigenvalue weighted by molar-refractivity contribution is 0.669. The van der Waals surface area contributed by atoms with E-state index in [-0.39, 0.29) is 0 Å². The molecule has 3 heteroatoms. The number of anilines is 3. The van der Waals surface area contributed by atoms with Crippen molar-refractivity contribution in [3.8, 4) is 11.1 Å². The highest BCUT2D eigenvalue weighted by Gasteiger charge is 2.25. The van der Waals surface area contributed by atoms with Crippen molar-refractivity contribution in [1.82, 2.24) is 0 Å². The number of nitrogens with zero attached hydrogens (tertiary/aromatic N) is 1. The maximum atomic E-state index is 6.67. The maximum absolute atomic E-state index is 6.67. The zero-order valence-electron chi connectivity index (χ0n) is 27.5. The Morgan fingerprint density at radius 1 is 0.412 bits per heavy atom. The Hall–Kier alpha value is -6.42. The highest BCUT2D eigenvalue weighted by molar-refractivity contribution is 7.27. The largest absolute Gasteiger partial charge is 0.456 e. The zero-order chi connectivity index (χ0) is 33.5. The second-order valence-corrected chi connectivity index (χ2v) is 14.3. The molecule has 0 unspecified atom stereocenters. The molecule has 9 aromatic carbocycles. The Morgan fingerprint density at radius 2 is 1.06 bits per heavy atom. The van der Waals surface area contributed by atoms with Gasteiger partial charge in [0, 0.05) is 48.1 Å². The van der Waals surface area contributed by atoms with Crippen LogP contribution in [0, 0.1) is 0 Å². The predicted octanol–water partition coefficient (Wildman–Crippen LogP) is 14.6. The second kappa shape index (κ2) is 11.0. The summed E-state index contributed by atoms with van der Waals surface area (Å²) < 4.78 is 9.19. The summed E-state index contributed by atoms with van der Waals surface area (Å²) in [5.74, 6) is 0. The number of fused-ring (bicyclic) bond motifs is 11. The van der Waals surface area contributed by atoms with Gasteiger partial charge in [0.1, 0.15) is 11.2 Å². The maximum Gasteiger partial charge on any atom is 0.138 e. The normalized spacial score (nSPS) is 11.9. The van der Waals surface area contributed by atoms with Crippen molar-refractivity contribution >= 4 is 103 Å². The molecule has 0 fully saturated rings. The summed E-state index contributed by atoms with van der Waals surface area (Å²) in [7, 11) is 0. The number of benzene rings is 9. The van der Waals surface area contributed by atoms with Gasteiger partial charge < -0.3 is 9.32 Å². The van der Waals surface area contributed by atoms with E-state index in [1.165, 1.54) is 69.0 Å². The van der Waals surface area contributed by atoms with Crippen LogP contribution in [0.5, 0.6) is 0 Å². The van der Waals surface area contributed by atoms with E-state index in [4.69, 9.17) is 4.42 Å². The Morgan fingerprint density at radius 3 is 1.90 bits per heavy atom. The summed E-state index contributed by atoms with van der Waals surface area (Å²) in [6, 6.07) is 63.7. The van der Waals surface area contributed by atoms with Crippen LogP contribution in [0.2, 0.25) is 0 Å². The Kier molecular flexibility index (Phi) is 6.16. The molecule has 0 aliphatic rings. The Bertz CT molecular complexity index is 3140. The molecular weight excluding hydrogens is 639 g/mol. The van der Waals surface area contributed by atoms with E-state index in [0.717, 1.165) is 33.6 Å². The van der Waals surface area contributed by atoms with E-state index in [2.05, 4.69) is 181 Å². The molecule has 0 spiro atoms. The minimum absolute atomic E-state index is 0.896. The molecule has 2 heterocycles. The van der Waals surface area contributed by atoms with Crippen LogP contribution in [0.25, 0.3) is 85.6 Å². The van der Waals surface area contributed by atoms with Crippen molar-refractivity contribution in [3.63, 3.8) is 0 Å². The first-order chi connectivity index (χ1) is 25.3. The van der Waals surface area contributed by atoms with E-state index in [1.54, 1.807) is 0 Å². The van der Waals surface area contributed by atoms with Crippen molar-refractivity contribution < 1.29 is 4.42 Å². The summed E-state index contributed by atoms with van der Waals surface area (Å²) in [6.07, 6.45) is 0. The fourth-order valence-electron chi connectivity index (χ4n) is 8.14. The molecule has 0 atom stereocenters. The second-order valence-electron chi connectivity index (χ2n) is 13.2. The molecule has 2 aromatic heterocycles. The van der Waals surface area contributed by atoms with E-state index >= 15 is 0 Å². The molecule has 0 amide bonds. The minimum Gasteiger partial charge on any atom is -0.456 e. The number of hydrogen-bond acceptors (Lipinski definition) is 3. The molecule has 0 bridgehead atoms. The van der Waals surface area contributed by atoms with Crippen LogP contribution in [-0.2, 0) is 0 Å². The van der Waals surface area contributed by atoms with Crippen LogP contribution < -0.4 is 4.90 Å². The molecule has 0 radical (unpaired) electrons. The van der Waals surface area contributed by atoms with E-state index < -0.39 is 0 Å². The quantitative estimate of drug-likeness (QED) is 0.174. The fraction of sp³-hybridized carbons (Fsp3) is 0. The summed E-state index contributed by atoms with van der Waals surface area (Å²) >= 11 is 1.85. The molecule has 11 aromatic rings. The molecule has 11 rings (SSSR count). The zero-order valence-corrected chi connectivity index (χ0v) is 28.3. The molecule has 238 valence electrons. The lowest BCUT2D eigenvalue weighted by atomic mass is 9.96. The molecule has 0 aliphatic heterocycles. The van der Waals surface area contributed by atoms with Crippen LogP contribution in [0.1, 0.15) is 0 Å². The van der Waals surface area contributed by atoms with Gasteiger partial charge in [0.25, 0.3) is 0 Å². The molecule has 2 nitrogen and oxygen atoms in total. The van der Waals surface area contributed by atoms with Crippen LogP contribution in [0.4, 0.5) is 17.1 Å². The monoisotopic (exact) mass is 667 g/mol.